The van der Waals surface area contributed by atoms with E-state index in [2.05, 4.69) is 130 Å². The lowest BCUT2D eigenvalue weighted by Crippen LogP contribution is -2.33. The largest absolute Gasteiger partial charge is 0.456 e. The summed E-state index contributed by atoms with van der Waals surface area (Å²) in [7, 11) is 2.16. The van der Waals surface area contributed by atoms with Crippen LogP contribution < -0.4 is 15.5 Å². The van der Waals surface area contributed by atoms with Gasteiger partial charge in [0.25, 0.3) is 0 Å². The molecule has 0 saturated heterocycles. The van der Waals surface area contributed by atoms with Crippen molar-refractivity contribution in [3.63, 3.8) is 0 Å². The molecule has 5 rings (SSSR count). The van der Waals surface area contributed by atoms with Crippen molar-refractivity contribution in [3.8, 4) is 0 Å². The Labute approximate surface area is 224 Å². The summed E-state index contributed by atoms with van der Waals surface area (Å²) in [5, 5.41) is 4.76. The zero-order valence-electron chi connectivity index (χ0n) is 22.0. The van der Waals surface area contributed by atoms with E-state index in [0.717, 1.165) is 40.0 Å². The van der Waals surface area contributed by atoms with Gasteiger partial charge in [0.05, 0.1) is 0 Å². The van der Waals surface area contributed by atoms with Crippen LogP contribution in [0.15, 0.2) is 107 Å². The summed E-state index contributed by atoms with van der Waals surface area (Å²) in [5.74, 6) is 0. The smallest absolute Gasteiger partial charge is 0.136 e. The quantitative estimate of drug-likeness (QED) is 0.249. The number of furan rings is 1. The normalized spacial score (nSPS) is 19.0. The maximum absolute atomic E-state index is 6.34. The standard InChI is InChI=1S/C34H35NOS/c1-7-27(35(6)28-15-9-8-10-16-28)20-30-22-34(4,5)23(2)17-29(37-30)21-32-24(3)31-18-25-13-11-12-14-26(25)19-33(31)36-32/h7-19,21,27,30H,1-3,20,22H2,4-6H3/b32-21+. The molecule has 2 nitrogen and oxygen atoms in total. The predicted molar refractivity (Wildman–Crippen MR) is 163 cm³/mol. The zero-order chi connectivity index (χ0) is 26.2. The molecule has 37 heavy (non-hydrogen) atoms. The van der Waals surface area contributed by atoms with Crippen molar-refractivity contribution >= 4 is 51.8 Å². The van der Waals surface area contributed by atoms with E-state index >= 15 is 0 Å². The Bertz CT molecular complexity index is 1610. The summed E-state index contributed by atoms with van der Waals surface area (Å²) in [6.45, 7) is 17.6. The first-order valence-corrected chi connectivity index (χ1v) is 13.7. The number of nitrogens with zero attached hydrogens (tertiary/aromatic N) is 1. The number of hydrogen-bond donors (Lipinski definition) is 0. The number of benzene rings is 3. The van der Waals surface area contributed by atoms with Crippen LogP contribution >= 0.6 is 11.8 Å². The molecule has 0 fully saturated rings. The van der Waals surface area contributed by atoms with Gasteiger partial charge in [0.15, 0.2) is 0 Å². The molecule has 0 aliphatic carbocycles. The molecule has 4 aromatic rings. The maximum atomic E-state index is 6.34. The van der Waals surface area contributed by atoms with Crippen molar-refractivity contribution in [1.29, 1.82) is 0 Å². The van der Waals surface area contributed by atoms with Crippen molar-refractivity contribution in [2.24, 2.45) is 5.41 Å². The van der Waals surface area contributed by atoms with Gasteiger partial charge < -0.3 is 9.32 Å². The van der Waals surface area contributed by atoms with Gasteiger partial charge in [-0.1, -0.05) is 75.5 Å². The van der Waals surface area contributed by atoms with Crippen LogP contribution in [0.4, 0.5) is 5.69 Å². The van der Waals surface area contributed by atoms with Crippen LogP contribution in [0.3, 0.4) is 0 Å². The van der Waals surface area contributed by atoms with Crippen LogP contribution in [0.25, 0.3) is 34.4 Å². The molecule has 1 aliphatic rings. The molecule has 188 valence electrons. The van der Waals surface area contributed by atoms with Gasteiger partial charge >= 0.3 is 0 Å². The number of thioether (sulfide) groups is 1. The van der Waals surface area contributed by atoms with Gasteiger partial charge in [0.2, 0.25) is 0 Å². The van der Waals surface area contributed by atoms with Gasteiger partial charge in [-0.2, -0.15) is 0 Å². The second-order valence-corrected chi connectivity index (χ2v) is 12.0. The Morgan fingerprint density at radius 1 is 1.05 bits per heavy atom. The average Bonchev–Trinajstić information content (AvgIpc) is 3.13. The molecule has 0 radical (unpaired) electrons. The van der Waals surface area contributed by atoms with E-state index in [1.807, 2.05) is 11.8 Å². The van der Waals surface area contributed by atoms with E-state index in [4.69, 9.17) is 4.42 Å². The first-order valence-electron chi connectivity index (χ1n) is 12.9. The average molecular weight is 506 g/mol. The molecule has 2 unspecified atom stereocenters. The SMILES string of the molecule is C=CC(CC1CC(C)(C)C(=C)C=C(/C=c2/oc3cc4ccccc4cc3c2=C)S1)N(C)c1ccccc1. The van der Waals surface area contributed by atoms with Crippen LogP contribution in [0.1, 0.15) is 26.7 Å². The highest BCUT2D eigenvalue weighted by Crippen LogP contribution is 2.44. The van der Waals surface area contributed by atoms with E-state index in [9.17, 15) is 0 Å². The molecular formula is C34H35NOS. The third kappa shape index (κ3) is 5.19. The Hall–Kier alpha value is -3.43. The Morgan fingerprint density at radius 2 is 1.73 bits per heavy atom. The molecule has 0 spiro atoms. The molecule has 1 aromatic heterocycles. The molecule has 3 heteroatoms. The topological polar surface area (TPSA) is 16.4 Å². The number of para-hydroxylation sites is 1. The summed E-state index contributed by atoms with van der Waals surface area (Å²) >= 11 is 1.91. The second-order valence-electron chi connectivity index (χ2n) is 10.7. The molecular weight excluding hydrogens is 470 g/mol. The Kier molecular flexibility index (Phi) is 6.92. The molecule has 1 aliphatic heterocycles. The van der Waals surface area contributed by atoms with Crippen LogP contribution in [-0.4, -0.2) is 18.3 Å². The first-order chi connectivity index (χ1) is 17.7. The molecule has 0 bridgehead atoms. The molecule has 0 N–H and O–H groups in total. The van der Waals surface area contributed by atoms with E-state index in [0.29, 0.717) is 5.25 Å². The molecule has 2 heterocycles. The fourth-order valence-corrected chi connectivity index (χ4v) is 6.74. The van der Waals surface area contributed by atoms with Crippen LogP contribution in [0, 0.1) is 5.41 Å². The minimum absolute atomic E-state index is 0.00317. The minimum Gasteiger partial charge on any atom is -0.456 e. The molecule has 2 atom stereocenters. The number of hydrogen-bond acceptors (Lipinski definition) is 3. The van der Waals surface area contributed by atoms with E-state index < -0.39 is 0 Å². The van der Waals surface area contributed by atoms with Crippen molar-refractivity contribution in [1.82, 2.24) is 0 Å². The molecule has 3 aromatic carbocycles. The van der Waals surface area contributed by atoms with Crippen LogP contribution in [0.2, 0.25) is 0 Å². The summed E-state index contributed by atoms with van der Waals surface area (Å²) in [5.41, 5.74) is 4.04. The van der Waals surface area contributed by atoms with E-state index in [-0.39, 0.29) is 11.5 Å². The summed E-state index contributed by atoms with van der Waals surface area (Å²) in [4.78, 5) is 3.49. The maximum Gasteiger partial charge on any atom is 0.136 e. The monoisotopic (exact) mass is 505 g/mol. The second kappa shape index (κ2) is 10.1. The van der Waals surface area contributed by atoms with Crippen LogP contribution in [0.5, 0.6) is 0 Å². The van der Waals surface area contributed by atoms with Gasteiger partial charge in [-0.05, 0) is 71.0 Å². The van der Waals surface area contributed by atoms with Crippen molar-refractivity contribution in [2.45, 2.75) is 38.0 Å². The number of likely N-dealkylation sites (N-methyl/N-ethyl adjacent to an activating group) is 1. The highest BCUT2D eigenvalue weighted by Gasteiger charge is 2.31. The highest BCUT2D eigenvalue weighted by atomic mass is 32.2. The third-order valence-corrected chi connectivity index (χ3v) is 8.83. The van der Waals surface area contributed by atoms with Crippen molar-refractivity contribution in [2.75, 3.05) is 11.9 Å². The zero-order valence-corrected chi connectivity index (χ0v) is 22.9. The minimum atomic E-state index is 0.00317. The van der Waals surface area contributed by atoms with Gasteiger partial charge in [-0.15, -0.1) is 18.3 Å². The molecule has 0 saturated carbocycles. The summed E-state index contributed by atoms with van der Waals surface area (Å²) < 4.78 is 6.34. The molecule has 0 amide bonds. The number of fused-ring (bicyclic) bond motifs is 2. The van der Waals surface area contributed by atoms with Crippen molar-refractivity contribution < 1.29 is 4.42 Å². The fourth-order valence-electron chi connectivity index (χ4n) is 5.18. The fraction of sp³-hybridized carbons (Fsp3) is 0.235. The predicted octanol–water partition coefficient (Wildman–Crippen LogP) is 7.83. The van der Waals surface area contributed by atoms with E-state index in [1.165, 1.54) is 21.4 Å². The summed E-state index contributed by atoms with van der Waals surface area (Å²) in [6, 6.07) is 23.4. The van der Waals surface area contributed by atoms with Crippen molar-refractivity contribution in [3.05, 3.63) is 113 Å². The number of anilines is 1. The van der Waals surface area contributed by atoms with Gasteiger partial charge in [-0.25, -0.2) is 0 Å². The lowest BCUT2D eigenvalue weighted by molar-refractivity contribution is 0.401. The highest BCUT2D eigenvalue weighted by molar-refractivity contribution is 8.04. The third-order valence-electron chi connectivity index (χ3n) is 7.63. The number of allylic oxidation sites excluding steroid dienone is 3. The van der Waals surface area contributed by atoms with Gasteiger partial charge in [0.1, 0.15) is 11.0 Å². The Balaban J connectivity index is 1.49. The Morgan fingerprint density at radius 3 is 2.43 bits per heavy atom. The first kappa shape index (κ1) is 25.2. The lowest BCUT2D eigenvalue weighted by Gasteiger charge is -2.33. The van der Waals surface area contributed by atoms with Gasteiger partial charge in [-0.3, -0.25) is 0 Å². The lowest BCUT2D eigenvalue weighted by atomic mass is 9.79. The van der Waals surface area contributed by atoms with E-state index in [1.54, 1.807) is 0 Å². The van der Waals surface area contributed by atoms with Crippen LogP contribution in [-0.2, 0) is 0 Å². The number of rotatable bonds is 6. The van der Waals surface area contributed by atoms with Gasteiger partial charge in [0, 0.05) is 39.5 Å². The summed E-state index contributed by atoms with van der Waals surface area (Å²) in [6.07, 6.45) is 8.49.